The van der Waals surface area contributed by atoms with Crippen molar-refractivity contribution in [3.05, 3.63) is 46.3 Å². The molecule has 1 aliphatic rings. The molecule has 0 bridgehead atoms. The fraction of sp³-hybridized carbons (Fsp3) is 0.421. The molecule has 0 saturated carbocycles. The van der Waals surface area contributed by atoms with Crippen LogP contribution in [0.5, 0.6) is 0 Å². The molecule has 1 aromatic carbocycles. The summed E-state index contributed by atoms with van der Waals surface area (Å²) >= 11 is 6.80. The third-order valence-corrected chi connectivity index (χ3v) is 8.24. The summed E-state index contributed by atoms with van der Waals surface area (Å²) < 4.78 is 67.3. The van der Waals surface area contributed by atoms with E-state index in [1.807, 2.05) is 4.90 Å². The first-order chi connectivity index (χ1) is 14.5. The maximum atomic E-state index is 13.2. The van der Waals surface area contributed by atoms with Crippen LogP contribution in [0.4, 0.5) is 18.9 Å². The van der Waals surface area contributed by atoms with Gasteiger partial charge in [0.1, 0.15) is 4.21 Å². The zero-order valence-electron chi connectivity index (χ0n) is 16.4. The molecule has 2 N–H and O–H groups in total. The number of nitrogens with zero attached hydrogens (tertiary/aromatic N) is 1. The maximum absolute atomic E-state index is 13.2. The second-order valence-corrected chi connectivity index (χ2v) is 10.5. The van der Waals surface area contributed by atoms with E-state index in [1.165, 1.54) is 12.1 Å². The summed E-state index contributed by atoms with van der Waals surface area (Å²) in [5, 5.41) is 3.94. The molecule has 0 spiro atoms. The number of anilines is 1. The molecule has 3 rings (SSSR count). The highest BCUT2D eigenvalue weighted by molar-refractivity contribution is 7.91. The minimum absolute atomic E-state index is 0.0783. The molecule has 2 heterocycles. The third kappa shape index (κ3) is 5.98. The molecule has 31 heavy (non-hydrogen) atoms. The predicted molar refractivity (Wildman–Crippen MR) is 114 cm³/mol. The summed E-state index contributed by atoms with van der Waals surface area (Å²) in [6.45, 7) is 2.46. The summed E-state index contributed by atoms with van der Waals surface area (Å²) in [6, 6.07) is 5.41. The van der Waals surface area contributed by atoms with Gasteiger partial charge in [-0.25, -0.2) is 13.1 Å². The highest BCUT2D eigenvalue weighted by Crippen LogP contribution is 2.36. The van der Waals surface area contributed by atoms with Gasteiger partial charge in [0.05, 0.1) is 17.3 Å². The number of carbonyl (C=O) groups is 1. The summed E-state index contributed by atoms with van der Waals surface area (Å²) in [5.74, 6) is -0.578. The minimum Gasteiger partial charge on any atom is -0.324 e. The van der Waals surface area contributed by atoms with Gasteiger partial charge in [-0.05, 0) is 49.4 Å². The number of carbonyl (C=O) groups excluding carboxylic acids is 1. The van der Waals surface area contributed by atoms with Gasteiger partial charge in [-0.1, -0.05) is 17.7 Å². The molecule has 1 saturated heterocycles. The van der Waals surface area contributed by atoms with Crippen molar-refractivity contribution >= 4 is 44.6 Å². The van der Waals surface area contributed by atoms with Crippen LogP contribution >= 0.6 is 22.9 Å². The fourth-order valence-corrected chi connectivity index (χ4v) is 5.85. The van der Waals surface area contributed by atoms with Crippen molar-refractivity contribution in [3.63, 3.8) is 0 Å². The van der Waals surface area contributed by atoms with Crippen LogP contribution in [0, 0.1) is 0 Å². The Morgan fingerprint density at radius 3 is 2.52 bits per heavy atom. The molecule has 12 heteroatoms. The van der Waals surface area contributed by atoms with Gasteiger partial charge in [0.15, 0.2) is 0 Å². The van der Waals surface area contributed by atoms with E-state index >= 15 is 0 Å². The first-order valence-corrected chi connectivity index (χ1v) is 12.2. The van der Waals surface area contributed by atoms with Gasteiger partial charge in [-0.15, -0.1) is 11.3 Å². The van der Waals surface area contributed by atoms with Gasteiger partial charge in [0, 0.05) is 24.2 Å². The first-order valence-electron chi connectivity index (χ1n) is 9.45. The van der Waals surface area contributed by atoms with Gasteiger partial charge in [0.25, 0.3) is 0 Å². The molecular weight excluding hydrogens is 475 g/mol. The number of benzene rings is 1. The van der Waals surface area contributed by atoms with E-state index in [0.29, 0.717) is 25.9 Å². The molecule has 1 amide bonds. The van der Waals surface area contributed by atoms with Gasteiger partial charge in [-0.3, -0.25) is 9.69 Å². The van der Waals surface area contributed by atoms with Crippen molar-refractivity contribution in [1.82, 2.24) is 9.62 Å². The monoisotopic (exact) mass is 495 g/mol. The van der Waals surface area contributed by atoms with E-state index in [-0.39, 0.29) is 21.0 Å². The van der Waals surface area contributed by atoms with Crippen LogP contribution in [0.3, 0.4) is 0 Å². The van der Waals surface area contributed by atoms with Crippen molar-refractivity contribution in [2.75, 3.05) is 18.4 Å². The summed E-state index contributed by atoms with van der Waals surface area (Å²) in [5.41, 5.74) is -1.37. The Balaban J connectivity index is 1.59. The molecule has 0 aliphatic carbocycles. The lowest BCUT2D eigenvalue weighted by atomic mass is 10.0. The SMILES string of the molecule is C[C@@H](C(=O)Nc1ccc(Cl)cc1C(F)(F)F)N1CCC(NS(=O)(=O)c2cccs2)CC1. The van der Waals surface area contributed by atoms with E-state index in [0.717, 1.165) is 23.5 Å². The molecule has 1 atom stereocenters. The van der Waals surface area contributed by atoms with Crippen LogP contribution in [-0.2, 0) is 21.0 Å². The first kappa shape index (κ1) is 24.0. The van der Waals surface area contributed by atoms with Crippen molar-refractivity contribution in [3.8, 4) is 0 Å². The Labute approximate surface area is 187 Å². The third-order valence-electron chi connectivity index (χ3n) is 5.08. The van der Waals surface area contributed by atoms with Crippen molar-refractivity contribution < 1.29 is 26.4 Å². The Morgan fingerprint density at radius 2 is 1.94 bits per heavy atom. The number of hydrogen-bond donors (Lipinski definition) is 2. The molecular formula is C19H21ClF3N3O3S2. The quantitative estimate of drug-likeness (QED) is 0.630. The molecule has 0 radical (unpaired) electrons. The summed E-state index contributed by atoms with van der Waals surface area (Å²) in [4.78, 5) is 14.4. The molecule has 1 aromatic heterocycles. The maximum Gasteiger partial charge on any atom is 0.418 e. The Morgan fingerprint density at radius 1 is 1.26 bits per heavy atom. The lowest BCUT2D eigenvalue weighted by molar-refractivity contribution is -0.137. The van der Waals surface area contributed by atoms with Gasteiger partial charge in [-0.2, -0.15) is 13.2 Å². The minimum atomic E-state index is -4.66. The number of piperidine rings is 1. The topological polar surface area (TPSA) is 78.5 Å². The lowest BCUT2D eigenvalue weighted by Gasteiger charge is -2.35. The van der Waals surface area contributed by atoms with E-state index in [4.69, 9.17) is 11.6 Å². The molecule has 0 unspecified atom stereocenters. The van der Waals surface area contributed by atoms with Crippen LogP contribution in [0.2, 0.25) is 5.02 Å². The zero-order chi connectivity index (χ0) is 22.8. The lowest BCUT2D eigenvalue weighted by Crippen LogP contribution is -2.50. The molecule has 6 nitrogen and oxygen atoms in total. The van der Waals surface area contributed by atoms with Crippen LogP contribution in [0.15, 0.2) is 39.9 Å². The predicted octanol–water partition coefficient (Wildman–Crippen LogP) is 4.19. The average molecular weight is 496 g/mol. The van der Waals surface area contributed by atoms with Crippen molar-refractivity contribution in [2.45, 2.75) is 42.2 Å². The number of nitrogens with one attached hydrogen (secondary N) is 2. The molecule has 1 aliphatic heterocycles. The smallest absolute Gasteiger partial charge is 0.324 e. The van der Waals surface area contributed by atoms with Gasteiger partial charge in [0.2, 0.25) is 15.9 Å². The number of hydrogen-bond acceptors (Lipinski definition) is 5. The summed E-state index contributed by atoms with van der Waals surface area (Å²) in [7, 11) is -3.58. The van der Waals surface area contributed by atoms with Gasteiger partial charge < -0.3 is 5.32 Å². The Bertz CT molecular complexity index is 1020. The second kappa shape index (κ2) is 9.45. The van der Waals surface area contributed by atoms with Gasteiger partial charge >= 0.3 is 6.18 Å². The number of thiophene rings is 1. The van der Waals surface area contributed by atoms with Crippen molar-refractivity contribution in [1.29, 1.82) is 0 Å². The Kier molecular flexibility index (Phi) is 7.32. The standard InChI is InChI=1S/C19H21ClF3N3O3S2/c1-12(18(27)24-16-5-4-13(20)11-15(16)19(21,22)23)26-8-6-14(7-9-26)25-31(28,29)17-3-2-10-30-17/h2-5,10-12,14,25H,6-9H2,1H3,(H,24,27)/t12-/m0/s1. The highest BCUT2D eigenvalue weighted by Gasteiger charge is 2.35. The highest BCUT2D eigenvalue weighted by atomic mass is 35.5. The molecule has 2 aromatic rings. The number of sulfonamides is 1. The molecule has 1 fully saturated rings. The number of rotatable bonds is 6. The van der Waals surface area contributed by atoms with Crippen LogP contribution in [0.25, 0.3) is 0 Å². The Hall–Kier alpha value is -1.66. The van der Waals surface area contributed by atoms with Crippen LogP contribution < -0.4 is 10.0 Å². The average Bonchev–Trinajstić information content (AvgIpc) is 3.24. The van der Waals surface area contributed by atoms with E-state index in [9.17, 15) is 26.4 Å². The number of likely N-dealkylation sites (tertiary alicyclic amines) is 1. The van der Waals surface area contributed by atoms with Crippen molar-refractivity contribution in [2.24, 2.45) is 0 Å². The summed E-state index contributed by atoms with van der Waals surface area (Å²) in [6.07, 6.45) is -3.69. The number of alkyl halides is 3. The van der Waals surface area contributed by atoms with E-state index < -0.39 is 33.7 Å². The molecule has 170 valence electrons. The number of amides is 1. The van der Waals surface area contributed by atoms with E-state index in [1.54, 1.807) is 18.4 Å². The normalized spacial score (nSPS) is 17.5. The van der Waals surface area contributed by atoms with E-state index in [2.05, 4.69) is 10.0 Å². The largest absolute Gasteiger partial charge is 0.418 e. The number of halogens is 4. The fourth-order valence-electron chi connectivity index (χ4n) is 3.36. The second-order valence-electron chi connectivity index (χ2n) is 7.22. The van der Waals surface area contributed by atoms with Crippen LogP contribution in [-0.4, -0.2) is 44.4 Å². The zero-order valence-corrected chi connectivity index (χ0v) is 18.8. The van der Waals surface area contributed by atoms with Crippen LogP contribution in [0.1, 0.15) is 25.3 Å².